The fourth-order valence-electron chi connectivity index (χ4n) is 3.80. The highest BCUT2D eigenvalue weighted by molar-refractivity contribution is 5.92. The smallest absolute Gasteiger partial charge is 0.157 e. The second-order valence-corrected chi connectivity index (χ2v) is 7.20. The maximum atomic E-state index is 11.3. The number of aldehydes is 1. The Morgan fingerprint density at radius 3 is 2.82 bits per heavy atom. The van der Waals surface area contributed by atoms with Crippen LogP contribution in [0.5, 0.6) is 5.75 Å². The maximum absolute atomic E-state index is 11.3. The van der Waals surface area contributed by atoms with Crippen molar-refractivity contribution in [2.75, 3.05) is 7.11 Å². The number of hydrogen-bond acceptors (Lipinski definition) is 4. The Labute approximate surface area is 168 Å². The van der Waals surface area contributed by atoms with Gasteiger partial charge in [0.05, 0.1) is 18.3 Å². The Morgan fingerprint density at radius 2 is 2.11 bits per heavy atom. The standard InChI is InChI=1S/C21H20N4O2.ClH/c1-24-19-16(8-14(12-26)9-18(19)27-2)23-21(24)17-10-15-4-3-7-22-20(15)25(17)11-13-5-6-13;/h3-4,7-10,12-13H,5-6,11H2,1-2H3;1H. The van der Waals surface area contributed by atoms with Crippen LogP contribution < -0.4 is 4.74 Å². The summed E-state index contributed by atoms with van der Waals surface area (Å²) in [6.45, 7) is 0.954. The van der Waals surface area contributed by atoms with E-state index in [4.69, 9.17) is 9.72 Å². The van der Waals surface area contributed by atoms with E-state index in [9.17, 15) is 4.79 Å². The van der Waals surface area contributed by atoms with E-state index in [-0.39, 0.29) is 12.4 Å². The Bertz CT molecular complexity index is 1190. The molecule has 0 unspecified atom stereocenters. The lowest BCUT2D eigenvalue weighted by molar-refractivity contribution is 0.112. The van der Waals surface area contributed by atoms with Crippen LogP contribution in [-0.4, -0.2) is 32.5 Å². The first kappa shape index (κ1) is 18.5. The van der Waals surface area contributed by atoms with E-state index in [2.05, 4.69) is 21.7 Å². The van der Waals surface area contributed by atoms with Gasteiger partial charge in [-0.1, -0.05) is 0 Å². The van der Waals surface area contributed by atoms with Crippen LogP contribution in [0.4, 0.5) is 0 Å². The van der Waals surface area contributed by atoms with Crippen LogP contribution in [0.25, 0.3) is 33.6 Å². The van der Waals surface area contributed by atoms with Crippen molar-refractivity contribution in [3.05, 3.63) is 42.1 Å². The molecule has 0 spiro atoms. The van der Waals surface area contributed by atoms with Crippen LogP contribution >= 0.6 is 12.4 Å². The molecule has 1 aliphatic rings. The van der Waals surface area contributed by atoms with Crippen LogP contribution in [-0.2, 0) is 13.6 Å². The number of benzene rings is 1. The molecule has 144 valence electrons. The first-order valence-corrected chi connectivity index (χ1v) is 9.14. The zero-order chi connectivity index (χ0) is 18.5. The summed E-state index contributed by atoms with van der Waals surface area (Å²) in [7, 11) is 3.60. The molecule has 1 aromatic carbocycles. The maximum Gasteiger partial charge on any atom is 0.157 e. The number of carbonyl (C=O) groups is 1. The van der Waals surface area contributed by atoms with Gasteiger partial charge in [0.25, 0.3) is 0 Å². The molecule has 0 N–H and O–H groups in total. The topological polar surface area (TPSA) is 61.9 Å². The monoisotopic (exact) mass is 396 g/mol. The highest BCUT2D eigenvalue weighted by Gasteiger charge is 2.26. The van der Waals surface area contributed by atoms with Crippen molar-refractivity contribution in [3.63, 3.8) is 0 Å². The van der Waals surface area contributed by atoms with Crippen LogP contribution in [0.15, 0.2) is 36.5 Å². The van der Waals surface area contributed by atoms with E-state index < -0.39 is 0 Å². The zero-order valence-electron chi connectivity index (χ0n) is 15.8. The largest absolute Gasteiger partial charge is 0.494 e. The van der Waals surface area contributed by atoms with Gasteiger partial charge in [-0.15, -0.1) is 12.4 Å². The Morgan fingerprint density at radius 1 is 1.29 bits per heavy atom. The normalized spacial score (nSPS) is 13.6. The van der Waals surface area contributed by atoms with E-state index in [0.29, 0.717) is 17.2 Å². The quantitative estimate of drug-likeness (QED) is 0.473. The molecule has 0 bridgehead atoms. The lowest BCUT2D eigenvalue weighted by Gasteiger charge is -2.10. The third kappa shape index (κ3) is 2.85. The number of pyridine rings is 1. The van der Waals surface area contributed by atoms with E-state index in [1.165, 1.54) is 12.8 Å². The summed E-state index contributed by atoms with van der Waals surface area (Å²) in [4.78, 5) is 20.7. The summed E-state index contributed by atoms with van der Waals surface area (Å²) >= 11 is 0. The minimum absolute atomic E-state index is 0. The van der Waals surface area contributed by atoms with Crippen LogP contribution in [0.2, 0.25) is 0 Å². The molecule has 6 nitrogen and oxygen atoms in total. The number of carbonyl (C=O) groups excluding carboxylic acids is 1. The number of halogens is 1. The second-order valence-electron chi connectivity index (χ2n) is 7.20. The number of aromatic nitrogens is 4. The summed E-state index contributed by atoms with van der Waals surface area (Å²) in [5.74, 6) is 2.22. The summed E-state index contributed by atoms with van der Waals surface area (Å²) in [5.41, 5.74) is 4.24. The lowest BCUT2D eigenvalue weighted by Crippen LogP contribution is -2.05. The number of fused-ring (bicyclic) bond motifs is 2. The molecule has 7 heteroatoms. The van der Waals surface area contributed by atoms with E-state index in [1.54, 1.807) is 19.2 Å². The van der Waals surface area contributed by atoms with Crippen LogP contribution in [0.3, 0.4) is 0 Å². The van der Waals surface area contributed by atoms with Gasteiger partial charge >= 0.3 is 0 Å². The van der Waals surface area contributed by atoms with Crippen molar-refractivity contribution < 1.29 is 9.53 Å². The molecule has 1 saturated carbocycles. The highest BCUT2D eigenvalue weighted by Crippen LogP contribution is 2.37. The molecule has 1 fully saturated rings. The molecule has 0 saturated heterocycles. The minimum Gasteiger partial charge on any atom is -0.494 e. The first-order chi connectivity index (χ1) is 13.2. The first-order valence-electron chi connectivity index (χ1n) is 9.14. The van der Waals surface area contributed by atoms with Gasteiger partial charge in [-0.2, -0.15) is 0 Å². The Kier molecular flexibility index (Phi) is 4.59. The zero-order valence-corrected chi connectivity index (χ0v) is 16.6. The third-order valence-electron chi connectivity index (χ3n) is 5.33. The summed E-state index contributed by atoms with van der Waals surface area (Å²) in [5, 5.41) is 1.11. The molecule has 3 heterocycles. The fourth-order valence-corrected chi connectivity index (χ4v) is 3.80. The van der Waals surface area contributed by atoms with Crippen molar-refractivity contribution in [1.29, 1.82) is 0 Å². The number of rotatable bonds is 5. The molecule has 0 aliphatic heterocycles. The molecular formula is C21H21ClN4O2. The van der Waals surface area contributed by atoms with Gasteiger partial charge < -0.3 is 13.9 Å². The highest BCUT2D eigenvalue weighted by atomic mass is 35.5. The SMILES string of the molecule is COc1cc(C=O)cc2nc(-c3cc4cccnc4n3CC3CC3)n(C)c12.Cl. The predicted molar refractivity (Wildman–Crippen MR) is 111 cm³/mol. The van der Waals surface area contributed by atoms with Crippen LogP contribution in [0.1, 0.15) is 23.2 Å². The molecule has 0 radical (unpaired) electrons. The summed E-state index contributed by atoms with van der Waals surface area (Å²) in [6.07, 6.45) is 5.20. The summed E-state index contributed by atoms with van der Waals surface area (Å²) in [6, 6.07) is 9.76. The van der Waals surface area contributed by atoms with Crippen molar-refractivity contribution in [1.82, 2.24) is 19.1 Å². The third-order valence-corrected chi connectivity index (χ3v) is 5.33. The van der Waals surface area contributed by atoms with Gasteiger partial charge in [0.15, 0.2) is 5.82 Å². The van der Waals surface area contributed by atoms with Gasteiger partial charge in [-0.3, -0.25) is 4.79 Å². The number of aryl methyl sites for hydroxylation is 1. The van der Waals surface area contributed by atoms with E-state index in [0.717, 1.165) is 46.4 Å². The fraction of sp³-hybridized carbons (Fsp3) is 0.286. The van der Waals surface area contributed by atoms with Crippen molar-refractivity contribution in [3.8, 4) is 17.3 Å². The second kappa shape index (κ2) is 6.95. The van der Waals surface area contributed by atoms with Crippen molar-refractivity contribution >= 4 is 40.8 Å². The van der Waals surface area contributed by atoms with Gasteiger partial charge in [0.2, 0.25) is 0 Å². The molecule has 28 heavy (non-hydrogen) atoms. The van der Waals surface area contributed by atoms with Gasteiger partial charge in [0.1, 0.15) is 23.2 Å². The van der Waals surface area contributed by atoms with E-state index >= 15 is 0 Å². The average molecular weight is 397 g/mol. The number of nitrogens with zero attached hydrogens (tertiary/aromatic N) is 4. The lowest BCUT2D eigenvalue weighted by atomic mass is 10.2. The van der Waals surface area contributed by atoms with Crippen LogP contribution in [0, 0.1) is 5.92 Å². The van der Waals surface area contributed by atoms with Gasteiger partial charge in [-0.05, 0) is 49.1 Å². The van der Waals surface area contributed by atoms with Crippen molar-refractivity contribution in [2.24, 2.45) is 13.0 Å². The number of ether oxygens (including phenoxy) is 1. The van der Waals surface area contributed by atoms with Crippen molar-refractivity contribution in [2.45, 2.75) is 19.4 Å². The molecule has 5 rings (SSSR count). The molecule has 0 atom stereocenters. The molecule has 4 aromatic rings. The van der Waals surface area contributed by atoms with Gasteiger partial charge in [-0.25, -0.2) is 9.97 Å². The number of methoxy groups -OCH3 is 1. The average Bonchev–Trinajstić information content (AvgIpc) is 3.36. The molecule has 0 amide bonds. The Hall–Kier alpha value is -2.86. The molecular weight excluding hydrogens is 376 g/mol. The molecule has 3 aromatic heterocycles. The minimum atomic E-state index is 0. The van der Waals surface area contributed by atoms with E-state index in [1.807, 2.05) is 23.9 Å². The number of imidazole rings is 1. The van der Waals surface area contributed by atoms with Gasteiger partial charge in [0, 0.05) is 30.7 Å². The summed E-state index contributed by atoms with van der Waals surface area (Å²) < 4.78 is 9.85. The number of hydrogen-bond donors (Lipinski definition) is 0. The molecule has 1 aliphatic carbocycles. The Balaban J connectivity index is 0.00000192. The predicted octanol–water partition coefficient (Wildman–Crippen LogP) is 4.24.